The molecule has 0 radical (unpaired) electrons. The molecule has 2 aromatic heterocycles. The van der Waals surface area contributed by atoms with Gasteiger partial charge in [0.1, 0.15) is 16.3 Å². The monoisotopic (exact) mass is 434 g/mol. The van der Waals surface area contributed by atoms with Crippen LogP contribution in [0.15, 0.2) is 63.9 Å². The summed E-state index contributed by atoms with van der Waals surface area (Å²) in [6.07, 6.45) is 0. The zero-order valence-electron chi connectivity index (χ0n) is 14.4. The van der Waals surface area contributed by atoms with Gasteiger partial charge >= 0.3 is 0 Å². The standard InChI is InChI=1S/C20H13ClF2N2OS2/c21-16-9-15(23)6-3-13(16)11-28-20-24-17-7-8-27-18(17)19(26)25(20)10-12-1-4-14(22)5-2-12/h1-9H,10-11H2. The minimum atomic E-state index is -0.398. The van der Waals surface area contributed by atoms with E-state index in [1.165, 1.54) is 47.4 Å². The molecule has 2 heterocycles. The van der Waals surface area contributed by atoms with Gasteiger partial charge in [-0.25, -0.2) is 13.8 Å². The maximum Gasteiger partial charge on any atom is 0.272 e. The van der Waals surface area contributed by atoms with Gasteiger partial charge in [0.05, 0.1) is 12.1 Å². The van der Waals surface area contributed by atoms with E-state index in [0.29, 0.717) is 26.1 Å². The van der Waals surface area contributed by atoms with E-state index in [0.717, 1.165) is 11.1 Å². The summed E-state index contributed by atoms with van der Waals surface area (Å²) in [5.41, 5.74) is 2.04. The highest BCUT2D eigenvalue weighted by Crippen LogP contribution is 2.28. The Morgan fingerprint density at radius 1 is 1.07 bits per heavy atom. The number of benzene rings is 2. The van der Waals surface area contributed by atoms with Crippen molar-refractivity contribution in [2.45, 2.75) is 17.5 Å². The average Bonchev–Trinajstić information content (AvgIpc) is 3.14. The quantitative estimate of drug-likeness (QED) is 0.297. The van der Waals surface area contributed by atoms with Gasteiger partial charge in [-0.1, -0.05) is 41.6 Å². The summed E-state index contributed by atoms with van der Waals surface area (Å²) < 4.78 is 28.6. The molecule has 0 N–H and O–H groups in total. The number of halogens is 3. The van der Waals surface area contributed by atoms with Gasteiger partial charge in [0.2, 0.25) is 0 Å². The van der Waals surface area contributed by atoms with Gasteiger partial charge in [-0.15, -0.1) is 11.3 Å². The fourth-order valence-electron chi connectivity index (χ4n) is 2.73. The molecule has 28 heavy (non-hydrogen) atoms. The minimum Gasteiger partial charge on any atom is -0.282 e. The van der Waals surface area contributed by atoms with E-state index >= 15 is 0 Å². The normalized spacial score (nSPS) is 11.2. The molecule has 0 bridgehead atoms. The number of aromatic nitrogens is 2. The molecule has 0 fully saturated rings. The average molecular weight is 435 g/mol. The van der Waals surface area contributed by atoms with E-state index in [1.807, 2.05) is 5.38 Å². The lowest BCUT2D eigenvalue weighted by molar-refractivity contribution is 0.623. The van der Waals surface area contributed by atoms with Gasteiger partial charge in [0.15, 0.2) is 5.16 Å². The van der Waals surface area contributed by atoms with Crippen LogP contribution in [0.5, 0.6) is 0 Å². The Hall–Kier alpha value is -2.22. The molecule has 0 aliphatic carbocycles. The van der Waals surface area contributed by atoms with Crippen molar-refractivity contribution in [1.82, 2.24) is 9.55 Å². The number of thiophene rings is 1. The summed E-state index contributed by atoms with van der Waals surface area (Å²) >= 11 is 8.80. The molecule has 0 atom stereocenters. The van der Waals surface area contributed by atoms with Crippen LogP contribution in [0.2, 0.25) is 5.02 Å². The minimum absolute atomic E-state index is 0.142. The van der Waals surface area contributed by atoms with Crippen LogP contribution in [0.3, 0.4) is 0 Å². The highest BCUT2D eigenvalue weighted by molar-refractivity contribution is 7.98. The van der Waals surface area contributed by atoms with Crippen LogP contribution in [0, 0.1) is 11.6 Å². The second-order valence-corrected chi connectivity index (χ2v) is 8.34. The molecule has 0 unspecified atom stereocenters. The van der Waals surface area contributed by atoms with Crippen LogP contribution in [0.25, 0.3) is 10.2 Å². The van der Waals surface area contributed by atoms with E-state index < -0.39 is 5.82 Å². The Labute approximate surface area is 172 Å². The lowest BCUT2D eigenvalue weighted by Crippen LogP contribution is -2.23. The zero-order valence-corrected chi connectivity index (χ0v) is 16.8. The molecule has 4 rings (SSSR count). The van der Waals surface area contributed by atoms with Crippen LogP contribution in [-0.2, 0) is 12.3 Å². The van der Waals surface area contributed by atoms with Gasteiger partial charge in [-0.05, 0) is 46.8 Å². The summed E-state index contributed by atoms with van der Waals surface area (Å²) in [5, 5.41) is 2.68. The Morgan fingerprint density at radius 2 is 1.82 bits per heavy atom. The highest BCUT2D eigenvalue weighted by Gasteiger charge is 2.14. The Kier molecular flexibility index (Phi) is 5.48. The molecule has 0 aliphatic heterocycles. The topological polar surface area (TPSA) is 34.9 Å². The molecular weight excluding hydrogens is 422 g/mol. The molecule has 0 saturated heterocycles. The number of fused-ring (bicyclic) bond motifs is 1. The van der Waals surface area contributed by atoms with Crippen molar-refractivity contribution >= 4 is 44.9 Å². The first-order chi connectivity index (χ1) is 13.5. The van der Waals surface area contributed by atoms with Crippen molar-refractivity contribution in [3.05, 3.63) is 92.0 Å². The number of thioether (sulfide) groups is 1. The smallest absolute Gasteiger partial charge is 0.272 e. The fraction of sp³-hybridized carbons (Fsp3) is 0.100. The van der Waals surface area contributed by atoms with Gasteiger partial charge < -0.3 is 0 Å². The number of rotatable bonds is 5. The fourth-order valence-corrected chi connectivity index (χ4v) is 4.82. The summed E-state index contributed by atoms with van der Waals surface area (Å²) in [6, 6.07) is 12.1. The van der Waals surface area contributed by atoms with Crippen LogP contribution < -0.4 is 5.56 Å². The summed E-state index contributed by atoms with van der Waals surface area (Å²) in [7, 11) is 0. The lowest BCUT2D eigenvalue weighted by atomic mass is 10.2. The molecule has 4 aromatic rings. The predicted octanol–water partition coefficient (Wildman–Crippen LogP) is 5.73. The van der Waals surface area contributed by atoms with Crippen molar-refractivity contribution in [2.24, 2.45) is 0 Å². The van der Waals surface area contributed by atoms with E-state index in [9.17, 15) is 13.6 Å². The maximum absolute atomic E-state index is 13.3. The third-order valence-electron chi connectivity index (χ3n) is 4.16. The first-order valence-electron chi connectivity index (χ1n) is 8.30. The SMILES string of the molecule is O=c1c2sccc2nc(SCc2ccc(F)cc2Cl)n1Cc1ccc(F)cc1. The summed E-state index contributed by atoms with van der Waals surface area (Å²) in [5.74, 6) is -0.293. The number of nitrogens with zero attached hydrogens (tertiary/aromatic N) is 2. The second-order valence-electron chi connectivity index (χ2n) is 6.07. The van der Waals surface area contributed by atoms with Crippen molar-refractivity contribution in [2.75, 3.05) is 0 Å². The molecular formula is C20H13ClF2N2OS2. The molecule has 3 nitrogen and oxygen atoms in total. The summed E-state index contributed by atoms with van der Waals surface area (Å²) in [4.78, 5) is 17.6. The third-order valence-corrected chi connectivity index (χ3v) is 6.43. The van der Waals surface area contributed by atoms with Gasteiger partial charge in [-0.2, -0.15) is 0 Å². The largest absolute Gasteiger partial charge is 0.282 e. The van der Waals surface area contributed by atoms with Gasteiger partial charge in [-0.3, -0.25) is 9.36 Å². The molecule has 2 aromatic carbocycles. The third kappa shape index (κ3) is 3.97. The predicted molar refractivity (Wildman–Crippen MR) is 110 cm³/mol. The van der Waals surface area contributed by atoms with E-state index in [4.69, 9.17) is 11.6 Å². The summed E-state index contributed by atoms with van der Waals surface area (Å²) in [6.45, 7) is 0.277. The molecule has 0 saturated carbocycles. The molecule has 0 aliphatic rings. The van der Waals surface area contributed by atoms with Crippen LogP contribution >= 0.6 is 34.7 Å². The Balaban J connectivity index is 1.71. The zero-order chi connectivity index (χ0) is 19.7. The first-order valence-corrected chi connectivity index (χ1v) is 10.5. The number of hydrogen-bond donors (Lipinski definition) is 0. The Morgan fingerprint density at radius 3 is 2.57 bits per heavy atom. The first kappa shape index (κ1) is 19.1. The van der Waals surface area contributed by atoms with E-state index in [1.54, 1.807) is 28.8 Å². The van der Waals surface area contributed by atoms with Crippen LogP contribution in [0.1, 0.15) is 11.1 Å². The second kappa shape index (κ2) is 8.03. The van der Waals surface area contributed by atoms with Crippen molar-refractivity contribution < 1.29 is 8.78 Å². The van der Waals surface area contributed by atoms with E-state index in [-0.39, 0.29) is 17.9 Å². The van der Waals surface area contributed by atoms with Crippen molar-refractivity contribution in [1.29, 1.82) is 0 Å². The lowest BCUT2D eigenvalue weighted by Gasteiger charge is -2.12. The molecule has 142 valence electrons. The maximum atomic E-state index is 13.3. The number of hydrogen-bond acceptors (Lipinski definition) is 4. The molecule has 8 heteroatoms. The van der Waals surface area contributed by atoms with Crippen molar-refractivity contribution in [3.63, 3.8) is 0 Å². The van der Waals surface area contributed by atoms with Crippen LogP contribution in [-0.4, -0.2) is 9.55 Å². The Bertz CT molecular complexity index is 1210. The van der Waals surface area contributed by atoms with Crippen molar-refractivity contribution in [3.8, 4) is 0 Å². The van der Waals surface area contributed by atoms with Crippen LogP contribution in [0.4, 0.5) is 8.78 Å². The molecule has 0 spiro atoms. The molecule has 0 amide bonds. The highest BCUT2D eigenvalue weighted by atomic mass is 35.5. The van der Waals surface area contributed by atoms with Gasteiger partial charge in [0, 0.05) is 10.8 Å². The van der Waals surface area contributed by atoms with E-state index in [2.05, 4.69) is 4.98 Å². The van der Waals surface area contributed by atoms with Gasteiger partial charge in [0.25, 0.3) is 5.56 Å².